The molecule has 0 unspecified atom stereocenters. The number of halogens is 1. The lowest BCUT2D eigenvalue weighted by Gasteiger charge is -2.04. The Labute approximate surface area is 108 Å². The van der Waals surface area contributed by atoms with Crippen LogP contribution in [0.1, 0.15) is 0 Å². The zero-order valence-corrected chi connectivity index (χ0v) is 10.1. The summed E-state index contributed by atoms with van der Waals surface area (Å²) < 4.78 is 5.36. The van der Waals surface area contributed by atoms with Crippen LogP contribution in [0.4, 0.5) is 0 Å². The summed E-state index contributed by atoms with van der Waals surface area (Å²) in [5.41, 5.74) is 1.71. The summed E-state index contributed by atoms with van der Waals surface area (Å²) >= 11 is 6.03. The van der Waals surface area contributed by atoms with E-state index in [2.05, 4.69) is 23.2 Å². The number of rotatable bonds is 0. The van der Waals surface area contributed by atoms with E-state index >= 15 is 0 Å². The van der Waals surface area contributed by atoms with Gasteiger partial charge in [-0.2, -0.15) is 0 Å². The average molecular weight is 254 g/mol. The number of hydrogen-bond acceptors (Lipinski definition) is 2. The van der Waals surface area contributed by atoms with Crippen LogP contribution in [0, 0.1) is 0 Å². The highest BCUT2D eigenvalue weighted by atomic mass is 35.5. The second-order valence-electron chi connectivity index (χ2n) is 4.29. The van der Waals surface area contributed by atoms with Gasteiger partial charge in [0.25, 0.3) is 0 Å². The fourth-order valence-corrected chi connectivity index (χ4v) is 2.63. The van der Waals surface area contributed by atoms with Crippen molar-refractivity contribution in [2.45, 2.75) is 0 Å². The van der Waals surface area contributed by atoms with Crippen molar-refractivity contribution in [3.63, 3.8) is 0 Å². The van der Waals surface area contributed by atoms with Gasteiger partial charge in [0.05, 0.1) is 0 Å². The minimum absolute atomic E-state index is 0.745. The molecule has 1 aromatic heterocycles. The lowest BCUT2D eigenvalue weighted by atomic mass is 10.0. The van der Waals surface area contributed by atoms with E-state index in [1.54, 1.807) is 0 Å². The van der Waals surface area contributed by atoms with Gasteiger partial charge in [0, 0.05) is 10.4 Å². The molecule has 0 aliphatic rings. The quantitative estimate of drug-likeness (QED) is 0.421. The number of hydrogen-bond donors (Lipinski definition) is 0. The fraction of sp³-hybridized carbons (Fsp3) is 0. The van der Waals surface area contributed by atoms with Gasteiger partial charge in [0.2, 0.25) is 0 Å². The molecule has 1 heterocycles. The number of aromatic nitrogens is 1. The SMILES string of the molecule is Clc1ccc2c(ccc3ccc4ocnc4c32)c1. The highest BCUT2D eigenvalue weighted by Gasteiger charge is 2.08. The summed E-state index contributed by atoms with van der Waals surface area (Å²) in [7, 11) is 0. The van der Waals surface area contributed by atoms with E-state index in [1.165, 1.54) is 6.39 Å². The van der Waals surface area contributed by atoms with Crippen LogP contribution in [0.3, 0.4) is 0 Å². The molecule has 18 heavy (non-hydrogen) atoms. The zero-order chi connectivity index (χ0) is 12.1. The Morgan fingerprint density at radius 3 is 2.72 bits per heavy atom. The third kappa shape index (κ3) is 1.27. The molecular weight excluding hydrogens is 246 g/mol. The van der Waals surface area contributed by atoms with Gasteiger partial charge in [0.15, 0.2) is 12.0 Å². The monoisotopic (exact) mass is 253 g/mol. The van der Waals surface area contributed by atoms with Crippen LogP contribution in [-0.2, 0) is 0 Å². The van der Waals surface area contributed by atoms with Crippen molar-refractivity contribution in [1.29, 1.82) is 0 Å². The van der Waals surface area contributed by atoms with Gasteiger partial charge in [-0.3, -0.25) is 0 Å². The molecule has 2 nitrogen and oxygen atoms in total. The lowest BCUT2D eigenvalue weighted by molar-refractivity contribution is 0.602. The molecule has 0 saturated heterocycles. The minimum Gasteiger partial charge on any atom is -0.443 e. The van der Waals surface area contributed by atoms with E-state index in [9.17, 15) is 0 Å². The van der Waals surface area contributed by atoms with Crippen LogP contribution >= 0.6 is 11.6 Å². The lowest BCUT2D eigenvalue weighted by Crippen LogP contribution is -1.80. The second-order valence-corrected chi connectivity index (χ2v) is 4.73. The molecule has 0 bridgehead atoms. The van der Waals surface area contributed by atoms with Gasteiger partial charge in [-0.25, -0.2) is 4.98 Å². The fourth-order valence-electron chi connectivity index (χ4n) is 2.45. The van der Waals surface area contributed by atoms with Crippen molar-refractivity contribution >= 4 is 44.2 Å². The topological polar surface area (TPSA) is 26.0 Å². The third-order valence-corrected chi connectivity index (χ3v) is 3.50. The number of oxazole rings is 1. The Hall–Kier alpha value is -2.06. The molecule has 3 aromatic carbocycles. The molecule has 0 aliphatic carbocycles. The third-order valence-electron chi connectivity index (χ3n) is 3.26. The van der Waals surface area contributed by atoms with Crippen LogP contribution in [-0.4, -0.2) is 4.98 Å². The van der Waals surface area contributed by atoms with E-state index in [-0.39, 0.29) is 0 Å². The van der Waals surface area contributed by atoms with Crippen LogP contribution in [0.25, 0.3) is 32.6 Å². The highest BCUT2D eigenvalue weighted by Crippen LogP contribution is 2.32. The van der Waals surface area contributed by atoms with Crippen molar-refractivity contribution < 1.29 is 4.42 Å². The van der Waals surface area contributed by atoms with Gasteiger partial charge in [-0.15, -0.1) is 0 Å². The minimum atomic E-state index is 0.745. The Morgan fingerprint density at radius 1 is 0.944 bits per heavy atom. The van der Waals surface area contributed by atoms with E-state index in [1.807, 2.05) is 24.3 Å². The molecular formula is C15H8ClNO. The first-order chi connectivity index (χ1) is 8.83. The number of benzene rings is 3. The molecule has 0 N–H and O–H groups in total. The molecule has 0 fully saturated rings. The maximum Gasteiger partial charge on any atom is 0.182 e. The smallest absolute Gasteiger partial charge is 0.182 e. The predicted molar refractivity (Wildman–Crippen MR) is 74.0 cm³/mol. The molecule has 0 aliphatic heterocycles. The summed E-state index contributed by atoms with van der Waals surface area (Å²) in [6, 6.07) is 14.1. The highest BCUT2D eigenvalue weighted by molar-refractivity contribution is 6.32. The van der Waals surface area contributed by atoms with Crippen LogP contribution in [0.15, 0.2) is 53.3 Å². The molecule has 4 rings (SSSR count). The maximum absolute atomic E-state index is 6.03. The van der Waals surface area contributed by atoms with E-state index in [0.717, 1.165) is 37.7 Å². The summed E-state index contributed by atoms with van der Waals surface area (Å²) in [4.78, 5) is 4.32. The molecule has 0 saturated carbocycles. The van der Waals surface area contributed by atoms with Crippen LogP contribution in [0.2, 0.25) is 5.02 Å². The van der Waals surface area contributed by atoms with Crippen molar-refractivity contribution in [1.82, 2.24) is 4.98 Å². The Balaban J connectivity index is 2.35. The summed E-state index contributed by atoms with van der Waals surface area (Å²) in [6.07, 6.45) is 1.48. The van der Waals surface area contributed by atoms with E-state index in [0.29, 0.717) is 0 Å². The van der Waals surface area contributed by atoms with Gasteiger partial charge in [-0.05, 0) is 34.4 Å². The van der Waals surface area contributed by atoms with Crippen molar-refractivity contribution in [3.8, 4) is 0 Å². The zero-order valence-electron chi connectivity index (χ0n) is 9.35. The van der Waals surface area contributed by atoms with Gasteiger partial charge < -0.3 is 4.42 Å². The first-order valence-electron chi connectivity index (χ1n) is 5.67. The largest absolute Gasteiger partial charge is 0.443 e. The summed E-state index contributed by atoms with van der Waals surface area (Å²) in [5.74, 6) is 0. The number of fused-ring (bicyclic) bond motifs is 5. The summed E-state index contributed by atoms with van der Waals surface area (Å²) in [6.45, 7) is 0. The van der Waals surface area contributed by atoms with Gasteiger partial charge in [-0.1, -0.05) is 35.9 Å². The van der Waals surface area contributed by atoms with Crippen molar-refractivity contribution in [2.75, 3.05) is 0 Å². The predicted octanol–water partition coefficient (Wildman–Crippen LogP) is 4.79. The van der Waals surface area contributed by atoms with Gasteiger partial charge >= 0.3 is 0 Å². The normalized spacial score (nSPS) is 11.6. The molecule has 0 atom stereocenters. The van der Waals surface area contributed by atoms with E-state index < -0.39 is 0 Å². The Morgan fingerprint density at radius 2 is 1.78 bits per heavy atom. The standard InChI is InChI=1S/C15H8ClNO/c16-11-4-5-12-10(7-11)2-1-9-3-6-13-15(14(9)12)17-8-18-13/h1-8H. The summed E-state index contributed by atoms with van der Waals surface area (Å²) in [5, 5.41) is 5.29. The molecule has 0 radical (unpaired) electrons. The van der Waals surface area contributed by atoms with E-state index in [4.69, 9.17) is 16.0 Å². The van der Waals surface area contributed by atoms with Crippen LogP contribution < -0.4 is 0 Å². The average Bonchev–Trinajstić information content (AvgIpc) is 2.86. The first kappa shape index (κ1) is 9.92. The first-order valence-corrected chi connectivity index (χ1v) is 6.05. The van der Waals surface area contributed by atoms with Crippen molar-refractivity contribution in [3.05, 3.63) is 53.9 Å². The molecule has 86 valence electrons. The molecule has 3 heteroatoms. The Bertz CT molecular complexity index is 895. The number of nitrogens with zero attached hydrogens (tertiary/aromatic N) is 1. The molecule has 0 spiro atoms. The molecule has 4 aromatic rings. The van der Waals surface area contributed by atoms with Crippen LogP contribution in [0.5, 0.6) is 0 Å². The van der Waals surface area contributed by atoms with Gasteiger partial charge in [0.1, 0.15) is 5.52 Å². The maximum atomic E-state index is 6.03. The molecule has 0 amide bonds. The second kappa shape index (κ2) is 3.47. The van der Waals surface area contributed by atoms with Crippen molar-refractivity contribution in [2.24, 2.45) is 0 Å². The Kier molecular flexibility index (Phi) is 1.91.